The topological polar surface area (TPSA) is 83.1 Å². The first-order chi connectivity index (χ1) is 15.4. The maximum atomic E-state index is 13.5. The number of pyridine rings is 2. The zero-order valence-electron chi connectivity index (χ0n) is 18.1. The quantitative estimate of drug-likeness (QED) is 0.461. The molecule has 32 heavy (non-hydrogen) atoms. The molecule has 0 saturated heterocycles. The van der Waals surface area contributed by atoms with Crippen molar-refractivity contribution in [3.63, 3.8) is 0 Å². The Morgan fingerprint density at radius 2 is 1.75 bits per heavy atom. The molecule has 1 N–H and O–H groups in total. The minimum atomic E-state index is -3.84. The number of sulfonamides is 1. The third-order valence-corrected chi connectivity index (χ3v) is 7.29. The molecule has 0 bridgehead atoms. The first kappa shape index (κ1) is 21.9. The molecule has 0 aliphatic rings. The number of benzene rings is 2. The number of hydrogen-bond donors (Lipinski definition) is 1. The van der Waals surface area contributed by atoms with Crippen molar-refractivity contribution in [1.29, 1.82) is 0 Å². The number of aryl methyl sites for hydroxylation is 2. The fourth-order valence-corrected chi connectivity index (χ4v) is 5.02. The van der Waals surface area contributed by atoms with Gasteiger partial charge in [-0.2, -0.15) is 4.31 Å². The Kier molecular flexibility index (Phi) is 6.21. The predicted octanol–water partition coefficient (Wildman–Crippen LogP) is 4.19. The molecule has 2 aromatic heterocycles. The lowest BCUT2D eigenvalue weighted by molar-refractivity contribution is 0.399. The fourth-order valence-electron chi connectivity index (χ4n) is 3.61. The molecular weight excluding hydrogens is 422 g/mol. The highest BCUT2D eigenvalue weighted by molar-refractivity contribution is 7.89. The van der Waals surface area contributed by atoms with Gasteiger partial charge in [0.05, 0.1) is 4.90 Å². The molecule has 2 heterocycles. The lowest BCUT2D eigenvalue weighted by atomic mass is 10.1. The van der Waals surface area contributed by atoms with Crippen LogP contribution in [0.25, 0.3) is 10.9 Å². The molecule has 164 valence electrons. The Morgan fingerprint density at radius 3 is 2.44 bits per heavy atom. The summed E-state index contributed by atoms with van der Waals surface area (Å²) < 4.78 is 28.4. The van der Waals surface area contributed by atoms with Crippen LogP contribution in [0.15, 0.2) is 82.7 Å². The second kappa shape index (κ2) is 9.06. The van der Waals surface area contributed by atoms with Crippen molar-refractivity contribution < 1.29 is 8.42 Å². The standard InChI is InChI=1S/C25H25N3O3S/c1-3-19-8-11-24-21(13-19)14-22(25(29)27-24)17-28(16-20-5-4-12-26-15-20)32(30,31)23-9-6-18(2)7-10-23/h4-15H,3,16-17H2,1-2H3,(H,27,29). The summed E-state index contributed by atoms with van der Waals surface area (Å²) in [4.78, 5) is 20.0. The van der Waals surface area contributed by atoms with Crippen LogP contribution in [0.3, 0.4) is 0 Å². The number of nitrogens with one attached hydrogen (secondary N) is 1. The van der Waals surface area contributed by atoms with Crippen LogP contribution in [-0.4, -0.2) is 22.7 Å². The second-order valence-corrected chi connectivity index (χ2v) is 9.78. The first-order valence-corrected chi connectivity index (χ1v) is 11.9. The zero-order valence-corrected chi connectivity index (χ0v) is 18.9. The third-order valence-electron chi connectivity index (χ3n) is 5.48. The van der Waals surface area contributed by atoms with E-state index in [9.17, 15) is 13.2 Å². The van der Waals surface area contributed by atoms with E-state index in [0.29, 0.717) is 5.56 Å². The van der Waals surface area contributed by atoms with E-state index >= 15 is 0 Å². The number of fused-ring (bicyclic) bond motifs is 1. The number of H-pyrrole nitrogens is 1. The van der Waals surface area contributed by atoms with Gasteiger partial charge >= 0.3 is 0 Å². The Bertz CT molecular complexity index is 1400. The Hall–Kier alpha value is -3.29. The minimum Gasteiger partial charge on any atom is -0.322 e. The van der Waals surface area contributed by atoms with Crippen LogP contribution in [0.1, 0.15) is 29.2 Å². The molecule has 4 aromatic rings. The average Bonchev–Trinajstić information content (AvgIpc) is 2.79. The average molecular weight is 448 g/mol. The normalized spacial score (nSPS) is 11.8. The van der Waals surface area contributed by atoms with Gasteiger partial charge in [0.2, 0.25) is 10.0 Å². The van der Waals surface area contributed by atoms with E-state index in [1.807, 2.05) is 31.2 Å². The van der Waals surface area contributed by atoms with Crippen molar-refractivity contribution in [2.24, 2.45) is 0 Å². The van der Waals surface area contributed by atoms with E-state index in [2.05, 4.69) is 16.9 Å². The van der Waals surface area contributed by atoms with Crippen molar-refractivity contribution in [2.45, 2.75) is 38.3 Å². The summed E-state index contributed by atoms with van der Waals surface area (Å²) in [5.74, 6) is 0. The molecule has 0 aliphatic carbocycles. The first-order valence-electron chi connectivity index (χ1n) is 10.5. The summed E-state index contributed by atoms with van der Waals surface area (Å²) in [6.07, 6.45) is 4.15. The molecule has 0 saturated carbocycles. The van der Waals surface area contributed by atoms with E-state index in [1.54, 1.807) is 48.8 Å². The van der Waals surface area contributed by atoms with Crippen LogP contribution < -0.4 is 5.56 Å². The van der Waals surface area contributed by atoms with Crippen LogP contribution in [0.2, 0.25) is 0 Å². The van der Waals surface area contributed by atoms with Gasteiger partial charge in [-0.1, -0.05) is 36.8 Å². The molecule has 0 radical (unpaired) electrons. The molecule has 0 amide bonds. The molecule has 0 fully saturated rings. The van der Waals surface area contributed by atoms with Crippen molar-refractivity contribution in [3.05, 3.63) is 106 Å². The predicted molar refractivity (Wildman–Crippen MR) is 126 cm³/mol. The highest BCUT2D eigenvalue weighted by Crippen LogP contribution is 2.22. The monoisotopic (exact) mass is 447 g/mol. The summed E-state index contributed by atoms with van der Waals surface area (Å²) in [5.41, 5.74) is 3.70. The molecule has 0 unspecified atom stereocenters. The molecule has 7 heteroatoms. The summed E-state index contributed by atoms with van der Waals surface area (Å²) in [6.45, 7) is 4.03. The van der Waals surface area contributed by atoms with Gasteiger partial charge in [0.1, 0.15) is 0 Å². The zero-order chi connectivity index (χ0) is 22.7. The fraction of sp³-hybridized carbons (Fsp3) is 0.200. The van der Waals surface area contributed by atoms with E-state index in [0.717, 1.165) is 34.0 Å². The molecule has 6 nitrogen and oxygen atoms in total. The SMILES string of the molecule is CCc1ccc2[nH]c(=O)c(CN(Cc3cccnc3)S(=O)(=O)c3ccc(C)cc3)cc2c1. The van der Waals surface area contributed by atoms with Gasteiger partial charge in [-0.3, -0.25) is 9.78 Å². The van der Waals surface area contributed by atoms with Crippen molar-refractivity contribution >= 4 is 20.9 Å². The van der Waals surface area contributed by atoms with Crippen LogP contribution in [-0.2, 0) is 29.5 Å². The number of hydrogen-bond acceptors (Lipinski definition) is 4. The van der Waals surface area contributed by atoms with Gasteiger partial charge < -0.3 is 4.98 Å². The Balaban J connectivity index is 1.77. The number of rotatable bonds is 7. The molecule has 4 rings (SSSR count). The summed E-state index contributed by atoms with van der Waals surface area (Å²) in [7, 11) is -3.84. The van der Waals surface area contributed by atoms with Gasteiger partial charge in [0, 0.05) is 36.6 Å². The van der Waals surface area contributed by atoms with Crippen molar-refractivity contribution in [2.75, 3.05) is 0 Å². The number of aromatic nitrogens is 2. The summed E-state index contributed by atoms with van der Waals surface area (Å²) in [6, 6.07) is 18.0. The maximum Gasteiger partial charge on any atom is 0.252 e. The Labute approximate surface area is 187 Å². The number of nitrogens with zero attached hydrogens (tertiary/aromatic N) is 2. The molecular formula is C25H25N3O3S. The van der Waals surface area contributed by atoms with Crippen LogP contribution in [0.5, 0.6) is 0 Å². The number of aromatic amines is 1. The molecule has 2 aromatic carbocycles. The van der Waals surface area contributed by atoms with E-state index in [-0.39, 0.29) is 23.5 Å². The third kappa shape index (κ3) is 4.64. The van der Waals surface area contributed by atoms with E-state index in [4.69, 9.17) is 0 Å². The van der Waals surface area contributed by atoms with Crippen LogP contribution >= 0.6 is 0 Å². The lowest BCUT2D eigenvalue weighted by Gasteiger charge is -2.22. The minimum absolute atomic E-state index is 0.0489. The van der Waals surface area contributed by atoms with Gasteiger partial charge in [-0.25, -0.2) is 8.42 Å². The van der Waals surface area contributed by atoms with Crippen LogP contribution in [0.4, 0.5) is 0 Å². The molecule has 0 aliphatic heterocycles. The van der Waals surface area contributed by atoms with Crippen molar-refractivity contribution in [3.8, 4) is 0 Å². The Morgan fingerprint density at radius 1 is 0.969 bits per heavy atom. The summed E-state index contributed by atoms with van der Waals surface area (Å²) in [5, 5.41) is 0.882. The van der Waals surface area contributed by atoms with Gasteiger partial charge in [-0.05, 0) is 66.3 Å². The van der Waals surface area contributed by atoms with E-state index < -0.39 is 10.0 Å². The van der Waals surface area contributed by atoms with E-state index in [1.165, 1.54) is 4.31 Å². The highest BCUT2D eigenvalue weighted by Gasteiger charge is 2.26. The lowest BCUT2D eigenvalue weighted by Crippen LogP contribution is -2.32. The smallest absolute Gasteiger partial charge is 0.252 e. The largest absolute Gasteiger partial charge is 0.322 e. The van der Waals surface area contributed by atoms with Gasteiger partial charge in [0.15, 0.2) is 0 Å². The second-order valence-electron chi connectivity index (χ2n) is 7.85. The molecule has 0 spiro atoms. The molecule has 0 atom stereocenters. The van der Waals surface area contributed by atoms with Gasteiger partial charge in [-0.15, -0.1) is 0 Å². The van der Waals surface area contributed by atoms with Gasteiger partial charge in [0.25, 0.3) is 5.56 Å². The van der Waals surface area contributed by atoms with Crippen LogP contribution in [0, 0.1) is 6.92 Å². The maximum absolute atomic E-state index is 13.5. The highest BCUT2D eigenvalue weighted by atomic mass is 32.2. The van der Waals surface area contributed by atoms with Crippen molar-refractivity contribution in [1.82, 2.24) is 14.3 Å². The summed E-state index contributed by atoms with van der Waals surface area (Å²) >= 11 is 0.